The summed E-state index contributed by atoms with van der Waals surface area (Å²) < 4.78 is 7.12. The quantitative estimate of drug-likeness (QED) is 0.704. The van der Waals surface area contributed by atoms with Gasteiger partial charge < -0.3 is 10.1 Å². The van der Waals surface area contributed by atoms with Crippen LogP contribution in [0.5, 0.6) is 5.75 Å². The SMILES string of the molecule is CCc1nc2c(=O)n(CC(=O)N[C@H](C)c3ccc(OC)cc3)nc(C)c2s1. The lowest BCUT2D eigenvalue weighted by Crippen LogP contribution is -2.35. The number of hydrogen-bond acceptors (Lipinski definition) is 6. The van der Waals surface area contributed by atoms with Crippen LogP contribution in [0.15, 0.2) is 29.1 Å². The third-order valence-corrected chi connectivity index (χ3v) is 5.61. The standard InChI is InChI=1S/C19H22N4O3S/c1-5-16-21-17-18(27-16)12(3)22-23(19(17)25)10-15(24)20-11(2)13-6-8-14(26-4)9-7-13/h6-9,11H,5,10H2,1-4H3,(H,20,24)/t11-/m1/s1. The predicted octanol–water partition coefficient (Wildman–Crippen LogP) is 2.61. The Bertz CT molecular complexity index is 1020. The molecule has 1 atom stereocenters. The first-order chi connectivity index (χ1) is 12.9. The van der Waals surface area contributed by atoms with Crippen LogP contribution in [0, 0.1) is 6.92 Å². The molecule has 0 fully saturated rings. The van der Waals surface area contributed by atoms with Gasteiger partial charge in [-0.3, -0.25) is 9.59 Å². The zero-order valence-electron chi connectivity index (χ0n) is 15.8. The lowest BCUT2D eigenvalue weighted by atomic mass is 10.1. The summed E-state index contributed by atoms with van der Waals surface area (Å²) in [6, 6.07) is 7.27. The molecule has 0 aliphatic carbocycles. The van der Waals surface area contributed by atoms with Crippen molar-refractivity contribution in [2.45, 2.75) is 39.8 Å². The molecular weight excluding hydrogens is 364 g/mol. The summed E-state index contributed by atoms with van der Waals surface area (Å²) in [5.74, 6) is 0.476. The van der Waals surface area contributed by atoms with Crippen LogP contribution in [-0.2, 0) is 17.8 Å². The molecule has 3 rings (SSSR count). The van der Waals surface area contributed by atoms with Gasteiger partial charge in [0.2, 0.25) is 5.91 Å². The molecule has 1 amide bonds. The second-order valence-corrected chi connectivity index (χ2v) is 7.33. The zero-order valence-corrected chi connectivity index (χ0v) is 16.6. The minimum absolute atomic E-state index is 0.144. The number of rotatable bonds is 6. The molecule has 8 heteroatoms. The van der Waals surface area contributed by atoms with E-state index in [1.165, 1.54) is 16.0 Å². The van der Waals surface area contributed by atoms with Gasteiger partial charge in [0.05, 0.1) is 28.6 Å². The van der Waals surface area contributed by atoms with Crippen molar-refractivity contribution in [3.05, 3.63) is 50.9 Å². The Morgan fingerprint density at radius 2 is 2.04 bits per heavy atom. The van der Waals surface area contributed by atoms with E-state index >= 15 is 0 Å². The molecule has 2 aromatic heterocycles. The molecule has 142 valence electrons. The maximum Gasteiger partial charge on any atom is 0.294 e. The summed E-state index contributed by atoms with van der Waals surface area (Å²) in [5.41, 5.74) is 1.71. The van der Waals surface area contributed by atoms with Gasteiger partial charge in [-0.25, -0.2) is 9.67 Å². The van der Waals surface area contributed by atoms with Crippen LogP contribution in [0.4, 0.5) is 0 Å². The normalized spacial score (nSPS) is 12.1. The van der Waals surface area contributed by atoms with Gasteiger partial charge in [0.15, 0.2) is 5.52 Å². The van der Waals surface area contributed by atoms with Gasteiger partial charge in [-0.2, -0.15) is 5.10 Å². The molecule has 1 N–H and O–H groups in total. The van der Waals surface area contributed by atoms with Gasteiger partial charge >= 0.3 is 0 Å². The Morgan fingerprint density at radius 1 is 1.33 bits per heavy atom. The van der Waals surface area contributed by atoms with Gasteiger partial charge in [0.25, 0.3) is 5.56 Å². The molecule has 0 unspecified atom stereocenters. The highest BCUT2D eigenvalue weighted by atomic mass is 32.1. The van der Waals surface area contributed by atoms with Gasteiger partial charge in [-0.15, -0.1) is 11.3 Å². The number of fused-ring (bicyclic) bond motifs is 1. The number of carbonyl (C=O) groups excluding carboxylic acids is 1. The van der Waals surface area contributed by atoms with Crippen molar-refractivity contribution in [1.29, 1.82) is 0 Å². The highest BCUT2D eigenvalue weighted by molar-refractivity contribution is 7.18. The molecule has 0 aliphatic heterocycles. The largest absolute Gasteiger partial charge is 0.497 e. The highest BCUT2D eigenvalue weighted by Gasteiger charge is 2.16. The molecular formula is C19H22N4O3S. The van der Waals surface area contributed by atoms with E-state index in [1.807, 2.05) is 45.0 Å². The molecule has 0 spiro atoms. The number of thiazole rings is 1. The van der Waals surface area contributed by atoms with Crippen LogP contribution in [-0.4, -0.2) is 27.8 Å². The van der Waals surface area contributed by atoms with Crippen molar-refractivity contribution in [2.24, 2.45) is 0 Å². The fourth-order valence-electron chi connectivity index (χ4n) is 2.81. The average Bonchev–Trinajstić information content (AvgIpc) is 3.11. The summed E-state index contributed by atoms with van der Waals surface area (Å²) in [7, 11) is 1.61. The number of hydrogen-bond donors (Lipinski definition) is 1. The fraction of sp³-hybridized carbons (Fsp3) is 0.368. The van der Waals surface area contributed by atoms with Crippen LogP contribution in [0.3, 0.4) is 0 Å². The Balaban J connectivity index is 1.77. The van der Waals surface area contributed by atoms with Crippen LogP contribution in [0.1, 0.15) is 36.2 Å². The molecule has 1 aromatic carbocycles. The number of benzene rings is 1. The minimum atomic E-state index is -0.334. The van der Waals surface area contributed by atoms with Gasteiger partial charge in [0, 0.05) is 0 Å². The highest BCUT2D eigenvalue weighted by Crippen LogP contribution is 2.22. The lowest BCUT2D eigenvalue weighted by Gasteiger charge is -2.15. The van der Waals surface area contributed by atoms with Crippen molar-refractivity contribution < 1.29 is 9.53 Å². The molecule has 0 radical (unpaired) electrons. The molecule has 0 bridgehead atoms. The van der Waals surface area contributed by atoms with Crippen molar-refractivity contribution >= 4 is 27.5 Å². The molecule has 7 nitrogen and oxygen atoms in total. The molecule has 0 saturated heterocycles. The van der Waals surface area contributed by atoms with E-state index in [0.717, 1.165) is 27.4 Å². The first kappa shape index (κ1) is 19.0. The van der Waals surface area contributed by atoms with Gasteiger partial charge in [0.1, 0.15) is 12.3 Å². The van der Waals surface area contributed by atoms with E-state index in [2.05, 4.69) is 15.4 Å². The zero-order chi connectivity index (χ0) is 19.6. The van der Waals surface area contributed by atoms with E-state index in [9.17, 15) is 9.59 Å². The number of methoxy groups -OCH3 is 1. The predicted molar refractivity (Wildman–Crippen MR) is 105 cm³/mol. The van der Waals surface area contributed by atoms with Crippen LogP contribution >= 0.6 is 11.3 Å². The number of carbonyl (C=O) groups is 1. The van der Waals surface area contributed by atoms with E-state index < -0.39 is 0 Å². The number of nitrogens with one attached hydrogen (secondary N) is 1. The molecule has 0 saturated carbocycles. The summed E-state index contributed by atoms with van der Waals surface area (Å²) in [5, 5.41) is 8.08. The third-order valence-electron chi connectivity index (χ3n) is 4.30. The Kier molecular flexibility index (Phi) is 5.55. The van der Waals surface area contributed by atoms with E-state index in [-0.39, 0.29) is 24.1 Å². The van der Waals surface area contributed by atoms with E-state index in [1.54, 1.807) is 7.11 Å². The summed E-state index contributed by atoms with van der Waals surface area (Å²) in [4.78, 5) is 29.4. The Hall–Kier alpha value is -2.74. The monoisotopic (exact) mass is 386 g/mol. The van der Waals surface area contributed by atoms with Crippen molar-refractivity contribution in [1.82, 2.24) is 20.1 Å². The van der Waals surface area contributed by atoms with Crippen molar-refractivity contribution in [3.63, 3.8) is 0 Å². The third kappa shape index (κ3) is 4.00. The van der Waals surface area contributed by atoms with Crippen molar-refractivity contribution in [2.75, 3.05) is 7.11 Å². The molecule has 2 heterocycles. The van der Waals surface area contributed by atoms with Crippen LogP contribution < -0.4 is 15.6 Å². The van der Waals surface area contributed by atoms with E-state index in [0.29, 0.717) is 11.2 Å². The van der Waals surface area contributed by atoms with Crippen LogP contribution in [0.25, 0.3) is 10.2 Å². The first-order valence-electron chi connectivity index (χ1n) is 8.73. The second kappa shape index (κ2) is 7.87. The van der Waals surface area contributed by atoms with E-state index in [4.69, 9.17) is 4.74 Å². The number of aryl methyl sites for hydroxylation is 2. The smallest absolute Gasteiger partial charge is 0.294 e. The summed E-state index contributed by atoms with van der Waals surface area (Å²) >= 11 is 1.48. The van der Waals surface area contributed by atoms with Gasteiger partial charge in [-0.05, 0) is 38.0 Å². The second-order valence-electron chi connectivity index (χ2n) is 6.25. The topological polar surface area (TPSA) is 86.1 Å². The maximum absolute atomic E-state index is 12.6. The van der Waals surface area contributed by atoms with Crippen molar-refractivity contribution in [3.8, 4) is 5.75 Å². The number of aromatic nitrogens is 3. The minimum Gasteiger partial charge on any atom is -0.497 e. The average molecular weight is 386 g/mol. The lowest BCUT2D eigenvalue weighted by molar-refractivity contribution is -0.122. The first-order valence-corrected chi connectivity index (χ1v) is 9.55. The summed E-state index contributed by atoms with van der Waals surface area (Å²) in [6.45, 7) is 5.56. The van der Waals surface area contributed by atoms with Crippen LogP contribution in [0.2, 0.25) is 0 Å². The summed E-state index contributed by atoms with van der Waals surface area (Å²) in [6.07, 6.45) is 0.762. The molecule has 27 heavy (non-hydrogen) atoms. The number of ether oxygens (including phenoxy) is 1. The Labute approximate surface area is 161 Å². The maximum atomic E-state index is 12.6. The fourth-order valence-corrected chi connectivity index (χ4v) is 3.74. The molecule has 3 aromatic rings. The molecule has 0 aliphatic rings. The van der Waals surface area contributed by atoms with Gasteiger partial charge in [-0.1, -0.05) is 19.1 Å². The number of amides is 1. The Morgan fingerprint density at radius 3 is 2.67 bits per heavy atom. The number of nitrogens with zero attached hydrogens (tertiary/aromatic N) is 3.